The van der Waals surface area contributed by atoms with E-state index < -0.39 is 6.10 Å². The molecule has 5 heteroatoms. The fourth-order valence-electron chi connectivity index (χ4n) is 3.16. The zero-order valence-electron chi connectivity index (χ0n) is 11.2. The molecule has 0 aliphatic heterocycles. The van der Waals surface area contributed by atoms with Gasteiger partial charge in [-0.1, -0.05) is 55.3 Å². The van der Waals surface area contributed by atoms with Crippen LogP contribution in [-0.2, 0) is 0 Å². The van der Waals surface area contributed by atoms with Crippen LogP contribution in [0.25, 0.3) is 5.52 Å². The molecule has 1 fully saturated rings. The Labute approximate surface area is 128 Å². The van der Waals surface area contributed by atoms with Gasteiger partial charge in [-0.05, 0) is 18.4 Å². The monoisotopic (exact) mass is 312 g/mol. The molecule has 0 spiro atoms. The Balaban J connectivity index is 1.88. The third kappa shape index (κ3) is 2.67. The highest BCUT2D eigenvalue weighted by atomic mass is 35.5. The fraction of sp³-hybridized carbons (Fsp3) is 0.533. The van der Waals surface area contributed by atoms with Gasteiger partial charge in [0.05, 0.1) is 39.9 Å². The molecule has 1 aliphatic carbocycles. The first kappa shape index (κ1) is 14.2. The minimum absolute atomic E-state index is 0.470. The molecule has 2 aromatic rings. The molecule has 2 heterocycles. The number of halogens is 2. The number of hydrogen-bond acceptors (Lipinski definition) is 2. The quantitative estimate of drug-likeness (QED) is 0.896. The van der Waals surface area contributed by atoms with Crippen molar-refractivity contribution in [1.82, 2.24) is 9.38 Å². The van der Waals surface area contributed by atoms with E-state index in [2.05, 4.69) is 4.98 Å². The molecule has 1 unspecified atom stereocenters. The van der Waals surface area contributed by atoms with Crippen LogP contribution in [0.2, 0.25) is 10.0 Å². The number of rotatable bonds is 3. The fourth-order valence-corrected chi connectivity index (χ4v) is 3.57. The highest BCUT2D eigenvalue weighted by Gasteiger charge is 2.21. The Hall–Kier alpha value is -0.770. The maximum absolute atomic E-state index is 10.6. The molecule has 3 rings (SSSR count). The molecule has 0 saturated heterocycles. The number of aromatic nitrogens is 2. The lowest BCUT2D eigenvalue weighted by atomic mass is 9.85. The standard InChI is InChI=1S/C15H18Cl2N2O/c16-11-7-12(19-9-18-8-13(19)15(11)17)14(20)6-10-4-2-1-3-5-10/h7-10,14,20H,1-6H2. The van der Waals surface area contributed by atoms with Crippen LogP contribution in [-0.4, -0.2) is 14.5 Å². The highest BCUT2D eigenvalue weighted by molar-refractivity contribution is 6.44. The zero-order valence-corrected chi connectivity index (χ0v) is 12.7. The first-order chi connectivity index (χ1) is 9.66. The van der Waals surface area contributed by atoms with Crippen molar-refractivity contribution in [3.8, 4) is 0 Å². The van der Waals surface area contributed by atoms with E-state index >= 15 is 0 Å². The molecular formula is C15H18Cl2N2O. The van der Waals surface area contributed by atoms with E-state index in [1.807, 2.05) is 4.40 Å². The summed E-state index contributed by atoms with van der Waals surface area (Å²) in [5.41, 5.74) is 1.52. The van der Waals surface area contributed by atoms with Gasteiger partial charge in [-0.3, -0.25) is 4.40 Å². The van der Waals surface area contributed by atoms with Gasteiger partial charge in [-0.2, -0.15) is 0 Å². The normalized spacial score (nSPS) is 18.6. The Bertz CT molecular complexity index is 605. The number of hydrogen-bond donors (Lipinski definition) is 1. The molecular weight excluding hydrogens is 295 g/mol. The molecule has 1 atom stereocenters. The predicted molar refractivity (Wildman–Crippen MR) is 81.4 cm³/mol. The van der Waals surface area contributed by atoms with E-state index in [9.17, 15) is 5.11 Å². The Kier molecular flexibility index (Phi) is 4.20. The van der Waals surface area contributed by atoms with Crippen LogP contribution in [0.3, 0.4) is 0 Å². The van der Waals surface area contributed by atoms with Crippen LogP contribution >= 0.6 is 23.2 Å². The number of imidazole rings is 1. The van der Waals surface area contributed by atoms with Gasteiger partial charge in [0.15, 0.2) is 0 Å². The molecule has 20 heavy (non-hydrogen) atoms. The molecule has 0 radical (unpaired) electrons. The molecule has 0 aromatic carbocycles. The molecule has 2 aromatic heterocycles. The first-order valence-corrected chi connectivity index (χ1v) is 7.90. The maximum atomic E-state index is 10.6. The zero-order chi connectivity index (χ0) is 14.1. The third-order valence-corrected chi connectivity index (χ3v) is 5.04. The van der Waals surface area contributed by atoms with Gasteiger partial charge in [-0.15, -0.1) is 0 Å². The summed E-state index contributed by atoms with van der Waals surface area (Å²) >= 11 is 12.3. The second-order valence-corrected chi connectivity index (χ2v) is 6.42. The third-order valence-electron chi connectivity index (χ3n) is 4.25. The van der Waals surface area contributed by atoms with Crippen molar-refractivity contribution in [1.29, 1.82) is 0 Å². The van der Waals surface area contributed by atoms with E-state index in [-0.39, 0.29) is 0 Å². The first-order valence-electron chi connectivity index (χ1n) is 7.15. The number of nitrogens with zero attached hydrogens (tertiary/aromatic N) is 2. The van der Waals surface area contributed by atoms with E-state index in [0.717, 1.165) is 17.6 Å². The number of aliphatic hydroxyl groups excluding tert-OH is 1. The van der Waals surface area contributed by atoms with Crippen LogP contribution < -0.4 is 0 Å². The minimum atomic E-state index is -0.524. The summed E-state index contributed by atoms with van der Waals surface area (Å²) in [6.45, 7) is 0. The molecule has 3 nitrogen and oxygen atoms in total. The van der Waals surface area contributed by atoms with E-state index in [1.54, 1.807) is 18.6 Å². The summed E-state index contributed by atoms with van der Waals surface area (Å²) in [5, 5.41) is 11.5. The topological polar surface area (TPSA) is 37.5 Å². The Morgan fingerprint density at radius 2 is 2.05 bits per heavy atom. The molecule has 1 N–H and O–H groups in total. The van der Waals surface area contributed by atoms with Crippen molar-refractivity contribution in [3.05, 3.63) is 34.3 Å². The summed E-state index contributed by atoms with van der Waals surface area (Å²) in [7, 11) is 0. The summed E-state index contributed by atoms with van der Waals surface area (Å²) in [4.78, 5) is 4.10. The maximum Gasteiger partial charge on any atom is 0.0995 e. The minimum Gasteiger partial charge on any atom is -0.387 e. The van der Waals surface area contributed by atoms with Gasteiger partial charge >= 0.3 is 0 Å². The predicted octanol–water partition coefficient (Wildman–Crippen LogP) is 4.64. The van der Waals surface area contributed by atoms with Gasteiger partial charge in [-0.25, -0.2) is 4.98 Å². The summed E-state index contributed by atoms with van der Waals surface area (Å²) in [5.74, 6) is 0.603. The lowest BCUT2D eigenvalue weighted by Gasteiger charge is -2.24. The van der Waals surface area contributed by atoms with Gasteiger partial charge in [0.25, 0.3) is 0 Å². The smallest absolute Gasteiger partial charge is 0.0995 e. The van der Waals surface area contributed by atoms with Crippen molar-refractivity contribution < 1.29 is 5.11 Å². The molecule has 0 amide bonds. The lowest BCUT2D eigenvalue weighted by Crippen LogP contribution is -2.13. The molecule has 1 aliphatic rings. The Morgan fingerprint density at radius 3 is 2.80 bits per heavy atom. The number of fused-ring (bicyclic) bond motifs is 1. The second-order valence-electron chi connectivity index (χ2n) is 5.64. The van der Waals surface area contributed by atoms with Crippen molar-refractivity contribution in [2.24, 2.45) is 5.92 Å². The van der Waals surface area contributed by atoms with Crippen molar-refractivity contribution >= 4 is 28.7 Å². The van der Waals surface area contributed by atoms with E-state index in [4.69, 9.17) is 23.2 Å². The van der Waals surface area contributed by atoms with Gasteiger partial charge in [0, 0.05) is 0 Å². The lowest BCUT2D eigenvalue weighted by molar-refractivity contribution is 0.126. The molecule has 1 saturated carbocycles. The van der Waals surface area contributed by atoms with Crippen LogP contribution in [0, 0.1) is 5.92 Å². The average molecular weight is 313 g/mol. The second kappa shape index (κ2) is 5.92. The highest BCUT2D eigenvalue weighted by Crippen LogP contribution is 2.35. The van der Waals surface area contributed by atoms with E-state index in [0.29, 0.717) is 16.0 Å². The van der Waals surface area contributed by atoms with E-state index in [1.165, 1.54) is 32.1 Å². The van der Waals surface area contributed by atoms with Gasteiger partial charge in [0.2, 0.25) is 0 Å². The van der Waals surface area contributed by atoms with Crippen molar-refractivity contribution in [2.75, 3.05) is 0 Å². The Morgan fingerprint density at radius 1 is 1.30 bits per heavy atom. The average Bonchev–Trinajstić information content (AvgIpc) is 2.93. The van der Waals surface area contributed by atoms with Crippen LogP contribution in [0.15, 0.2) is 18.6 Å². The van der Waals surface area contributed by atoms with Crippen molar-refractivity contribution in [2.45, 2.75) is 44.6 Å². The van der Waals surface area contributed by atoms with Crippen LogP contribution in [0.5, 0.6) is 0 Å². The van der Waals surface area contributed by atoms with Crippen LogP contribution in [0.1, 0.15) is 50.3 Å². The summed E-state index contributed by atoms with van der Waals surface area (Å²) in [6, 6.07) is 1.76. The van der Waals surface area contributed by atoms with Crippen molar-refractivity contribution in [3.63, 3.8) is 0 Å². The summed E-state index contributed by atoms with van der Waals surface area (Å²) < 4.78 is 1.84. The summed E-state index contributed by atoms with van der Waals surface area (Å²) in [6.07, 6.45) is 9.91. The molecule has 0 bridgehead atoms. The molecule has 108 valence electrons. The van der Waals surface area contributed by atoms with Gasteiger partial charge in [0.1, 0.15) is 0 Å². The van der Waals surface area contributed by atoms with Crippen LogP contribution in [0.4, 0.5) is 0 Å². The van der Waals surface area contributed by atoms with Gasteiger partial charge < -0.3 is 5.11 Å². The largest absolute Gasteiger partial charge is 0.387 e. The number of pyridine rings is 1. The SMILES string of the molecule is OC(CC1CCCCC1)c1cc(Cl)c(Cl)c2cncn12. The number of aliphatic hydroxyl groups is 1.